The van der Waals surface area contributed by atoms with Gasteiger partial charge in [0, 0.05) is 0 Å². The van der Waals surface area contributed by atoms with Gasteiger partial charge in [-0.1, -0.05) is 23.5 Å². The maximum atomic E-state index is 5.19. The van der Waals surface area contributed by atoms with Crippen molar-refractivity contribution in [2.45, 2.75) is 13.0 Å². The Labute approximate surface area is 98.3 Å². The second-order valence-electron chi connectivity index (χ2n) is 3.39. The lowest BCUT2D eigenvalue weighted by Gasteiger charge is -2.13. The highest BCUT2D eigenvalue weighted by Crippen LogP contribution is 2.22. The Kier molecular flexibility index (Phi) is 3.36. The molecular formula is C11H13N3OS. The van der Waals surface area contributed by atoms with Crippen LogP contribution in [0.1, 0.15) is 18.5 Å². The number of hydrogen-bond donors (Lipinski definition) is 1. The second kappa shape index (κ2) is 4.94. The Balaban J connectivity index is 2.11. The molecule has 0 fully saturated rings. The van der Waals surface area contributed by atoms with Crippen molar-refractivity contribution in [3.63, 3.8) is 0 Å². The van der Waals surface area contributed by atoms with Crippen LogP contribution >= 0.6 is 11.3 Å². The van der Waals surface area contributed by atoms with Crippen molar-refractivity contribution >= 4 is 16.5 Å². The maximum Gasteiger partial charge on any atom is 0.205 e. The van der Waals surface area contributed by atoms with Gasteiger partial charge in [0.2, 0.25) is 5.13 Å². The number of rotatable bonds is 4. The number of hydrogen-bond acceptors (Lipinski definition) is 5. The average molecular weight is 235 g/mol. The number of ether oxygens (including phenoxy) is 1. The van der Waals surface area contributed by atoms with Gasteiger partial charge in [0.05, 0.1) is 13.2 Å². The first kappa shape index (κ1) is 10.9. The molecule has 2 aromatic rings. The van der Waals surface area contributed by atoms with Gasteiger partial charge >= 0.3 is 0 Å². The van der Waals surface area contributed by atoms with Crippen LogP contribution in [0.15, 0.2) is 29.8 Å². The lowest BCUT2D eigenvalue weighted by Crippen LogP contribution is -2.06. The summed E-state index contributed by atoms with van der Waals surface area (Å²) in [7, 11) is 1.67. The lowest BCUT2D eigenvalue weighted by atomic mass is 10.1. The van der Waals surface area contributed by atoms with Crippen molar-refractivity contribution in [2.75, 3.05) is 12.4 Å². The van der Waals surface area contributed by atoms with Gasteiger partial charge in [-0.15, -0.1) is 10.2 Å². The molecule has 0 spiro atoms. The molecule has 0 aliphatic rings. The highest BCUT2D eigenvalue weighted by Gasteiger charge is 2.07. The van der Waals surface area contributed by atoms with E-state index in [-0.39, 0.29) is 6.04 Å². The van der Waals surface area contributed by atoms with Crippen molar-refractivity contribution in [3.05, 3.63) is 35.3 Å². The number of nitrogens with one attached hydrogen (secondary N) is 1. The average Bonchev–Trinajstić information content (AvgIpc) is 2.82. The fraction of sp³-hybridized carbons (Fsp3) is 0.273. The number of anilines is 1. The topological polar surface area (TPSA) is 47.0 Å². The van der Waals surface area contributed by atoms with Crippen molar-refractivity contribution in [1.29, 1.82) is 0 Å². The van der Waals surface area contributed by atoms with Gasteiger partial charge in [-0.3, -0.25) is 0 Å². The molecule has 1 unspecified atom stereocenters. The van der Waals surface area contributed by atoms with Crippen LogP contribution in [0.25, 0.3) is 0 Å². The largest absolute Gasteiger partial charge is 0.497 e. The molecule has 1 N–H and O–H groups in total. The van der Waals surface area contributed by atoms with E-state index < -0.39 is 0 Å². The minimum Gasteiger partial charge on any atom is -0.497 e. The van der Waals surface area contributed by atoms with E-state index in [2.05, 4.69) is 28.5 Å². The molecule has 0 radical (unpaired) electrons. The number of aromatic nitrogens is 2. The molecule has 0 aliphatic carbocycles. The summed E-state index contributed by atoms with van der Waals surface area (Å²) >= 11 is 1.49. The van der Waals surface area contributed by atoms with Crippen molar-refractivity contribution in [2.24, 2.45) is 0 Å². The maximum absolute atomic E-state index is 5.19. The minimum atomic E-state index is 0.183. The van der Waals surface area contributed by atoms with E-state index in [1.54, 1.807) is 12.6 Å². The van der Waals surface area contributed by atoms with E-state index in [1.165, 1.54) is 11.3 Å². The Bertz CT molecular complexity index is 444. The Hall–Kier alpha value is -1.62. The molecule has 16 heavy (non-hydrogen) atoms. The molecule has 1 atom stereocenters. The zero-order chi connectivity index (χ0) is 11.4. The summed E-state index contributed by atoms with van der Waals surface area (Å²) in [6, 6.07) is 8.16. The Morgan fingerprint density at radius 2 is 2.31 bits per heavy atom. The monoisotopic (exact) mass is 235 g/mol. The Morgan fingerprint density at radius 1 is 1.44 bits per heavy atom. The summed E-state index contributed by atoms with van der Waals surface area (Å²) in [6.07, 6.45) is 0. The normalized spacial score (nSPS) is 12.1. The number of methoxy groups -OCH3 is 1. The molecule has 0 amide bonds. The predicted octanol–water partition coefficient (Wildman–Crippen LogP) is 2.72. The fourth-order valence-corrected chi connectivity index (χ4v) is 1.95. The van der Waals surface area contributed by atoms with E-state index in [9.17, 15) is 0 Å². The third-order valence-corrected chi connectivity index (χ3v) is 2.92. The molecule has 0 saturated carbocycles. The summed E-state index contributed by atoms with van der Waals surface area (Å²) in [6.45, 7) is 2.08. The summed E-state index contributed by atoms with van der Waals surface area (Å²) in [4.78, 5) is 0. The van der Waals surface area contributed by atoms with Crippen LogP contribution < -0.4 is 10.1 Å². The van der Waals surface area contributed by atoms with Crippen LogP contribution in [-0.4, -0.2) is 17.3 Å². The van der Waals surface area contributed by atoms with E-state index in [0.717, 1.165) is 16.4 Å². The third-order valence-electron chi connectivity index (χ3n) is 2.29. The molecule has 84 valence electrons. The van der Waals surface area contributed by atoms with Crippen molar-refractivity contribution < 1.29 is 4.74 Å². The zero-order valence-electron chi connectivity index (χ0n) is 9.18. The van der Waals surface area contributed by atoms with Crippen molar-refractivity contribution in [3.8, 4) is 5.75 Å². The highest BCUT2D eigenvalue weighted by molar-refractivity contribution is 7.13. The highest BCUT2D eigenvalue weighted by atomic mass is 32.1. The summed E-state index contributed by atoms with van der Waals surface area (Å²) < 4.78 is 5.19. The molecule has 5 heteroatoms. The third kappa shape index (κ3) is 2.49. The van der Waals surface area contributed by atoms with Gasteiger partial charge in [-0.2, -0.15) is 0 Å². The smallest absolute Gasteiger partial charge is 0.205 e. The SMILES string of the molecule is COc1cccc(C(C)Nc2nncs2)c1. The molecular weight excluding hydrogens is 222 g/mol. The van der Waals surface area contributed by atoms with Crippen LogP contribution in [0.3, 0.4) is 0 Å². The minimum absolute atomic E-state index is 0.183. The molecule has 0 bridgehead atoms. The summed E-state index contributed by atoms with van der Waals surface area (Å²) in [5.41, 5.74) is 2.87. The fourth-order valence-electron chi connectivity index (χ4n) is 1.42. The first-order chi connectivity index (χ1) is 7.79. The molecule has 1 heterocycles. The first-order valence-electron chi connectivity index (χ1n) is 4.96. The van der Waals surface area contributed by atoms with E-state index in [4.69, 9.17) is 4.74 Å². The van der Waals surface area contributed by atoms with Gasteiger partial charge in [-0.25, -0.2) is 0 Å². The standard InChI is InChI=1S/C11H13N3OS/c1-8(13-11-14-12-7-16-11)9-4-3-5-10(6-9)15-2/h3-8H,1-2H3,(H,13,14). The quantitative estimate of drug-likeness (QED) is 0.885. The first-order valence-corrected chi connectivity index (χ1v) is 5.84. The molecule has 1 aromatic carbocycles. The van der Waals surface area contributed by atoms with Crippen LogP contribution in [0, 0.1) is 0 Å². The molecule has 2 rings (SSSR count). The molecule has 4 nitrogen and oxygen atoms in total. The van der Waals surface area contributed by atoms with E-state index >= 15 is 0 Å². The van der Waals surface area contributed by atoms with Gasteiger partial charge in [-0.05, 0) is 24.6 Å². The zero-order valence-corrected chi connectivity index (χ0v) is 9.99. The van der Waals surface area contributed by atoms with Crippen LogP contribution in [0.2, 0.25) is 0 Å². The van der Waals surface area contributed by atoms with Crippen LogP contribution in [-0.2, 0) is 0 Å². The van der Waals surface area contributed by atoms with Gasteiger partial charge < -0.3 is 10.1 Å². The van der Waals surface area contributed by atoms with Gasteiger partial charge in [0.25, 0.3) is 0 Å². The second-order valence-corrected chi connectivity index (χ2v) is 4.22. The number of benzene rings is 1. The van der Waals surface area contributed by atoms with E-state index in [1.807, 2.05) is 18.2 Å². The van der Waals surface area contributed by atoms with Gasteiger partial charge in [0.1, 0.15) is 11.3 Å². The predicted molar refractivity (Wildman–Crippen MR) is 64.9 cm³/mol. The molecule has 1 aromatic heterocycles. The molecule has 0 aliphatic heterocycles. The van der Waals surface area contributed by atoms with E-state index in [0.29, 0.717) is 0 Å². The van der Waals surface area contributed by atoms with Crippen molar-refractivity contribution in [1.82, 2.24) is 10.2 Å². The van der Waals surface area contributed by atoms with Crippen LogP contribution in [0.5, 0.6) is 5.75 Å². The Morgan fingerprint density at radius 3 is 3.00 bits per heavy atom. The molecule has 0 saturated heterocycles. The summed E-state index contributed by atoms with van der Waals surface area (Å²) in [5.74, 6) is 0.864. The van der Waals surface area contributed by atoms with Gasteiger partial charge in [0.15, 0.2) is 0 Å². The summed E-state index contributed by atoms with van der Waals surface area (Å²) in [5, 5.41) is 11.8. The lowest BCUT2D eigenvalue weighted by molar-refractivity contribution is 0.414. The number of nitrogens with zero attached hydrogens (tertiary/aromatic N) is 2. The van der Waals surface area contributed by atoms with Crippen LogP contribution in [0.4, 0.5) is 5.13 Å².